The van der Waals surface area contributed by atoms with E-state index in [0.29, 0.717) is 11.3 Å². The molecule has 1 fully saturated rings. The molecule has 19 heavy (non-hydrogen) atoms. The molecule has 1 atom stereocenters. The number of aryl methyl sites for hydroxylation is 2. The van der Waals surface area contributed by atoms with Crippen LogP contribution < -0.4 is 5.32 Å². The van der Waals surface area contributed by atoms with Crippen LogP contribution in [0, 0.1) is 13.8 Å². The summed E-state index contributed by atoms with van der Waals surface area (Å²) < 4.78 is 0. The SMILES string of the molecule is Cc1cc(C)c(C(=O)O)c(SC2CC(=O)NC2=O)n1. The third-order valence-corrected chi connectivity index (χ3v) is 3.89. The molecule has 2 N–H and O–H groups in total. The predicted molar refractivity (Wildman–Crippen MR) is 68.1 cm³/mol. The molecule has 2 heterocycles. The number of nitrogens with one attached hydrogen (secondary N) is 1. The van der Waals surface area contributed by atoms with Gasteiger partial charge in [-0.2, -0.15) is 0 Å². The Bertz CT molecular complexity index is 585. The Labute approximate surface area is 113 Å². The van der Waals surface area contributed by atoms with Gasteiger partial charge in [0.15, 0.2) is 0 Å². The van der Waals surface area contributed by atoms with Crippen LogP contribution in [0.4, 0.5) is 0 Å². The number of imide groups is 1. The molecule has 1 aliphatic heterocycles. The molecule has 6 nitrogen and oxygen atoms in total. The van der Waals surface area contributed by atoms with E-state index < -0.39 is 17.1 Å². The maximum absolute atomic E-state index is 11.5. The van der Waals surface area contributed by atoms with E-state index in [2.05, 4.69) is 10.3 Å². The molecule has 0 aliphatic carbocycles. The van der Waals surface area contributed by atoms with E-state index in [4.69, 9.17) is 0 Å². The van der Waals surface area contributed by atoms with Crippen molar-refractivity contribution in [3.63, 3.8) is 0 Å². The van der Waals surface area contributed by atoms with Crippen molar-refractivity contribution < 1.29 is 19.5 Å². The van der Waals surface area contributed by atoms with Crippen LogP contribution in [0.2, 0.25) is 0 Å². The van der Waals surface area contributed by atoms with Crippen molar-refractivity contribution in [1.29, 1.82) is 0 Å². The third kappa shape index (κ3) is 2.76. The van der Waals surface area contributed by atoms with Gasteiger partial charge in [-0.3, -0.25) is 14.9 Å². The van der Waals surface area contributed by atoms with E-state index in [1.54, 1.807) is 19.9 Å². The summed E-state index contributed by atoms with van der Waals surface area (Å²) in [6, 6.07) is 1.67. The van der Waals surface area contributed by atoms with Crippen LogP contribution in [-0.2, 0) is 9.59 Å². The third-order valence-electron chi connectivity index (χ3n) is 2.71. The van der Waals surface area contributed by atoms with Gasteiger partial charge in [0.1, 0.15) is 5.03 Å². The molecule has 2 amide bonds. The second kappa shape index (κ2) is 5.00. The fourth-order valence-electron chi connectivity index (χ4n) is 1.91. The number of thioether (sulfide) groups is 1. The van der Waals surface area contributed by atoms with E-state index in [1.807, 2.05) is 0 Å². The number of carboxylic acids is 1. The number of carbonyl (C=O) groups is 3. The number of carboxylic acid groups (broad SMARTS) is 1. The van der Waals surface area contributed by atoms with E-state index in [1.165, 1.54) is 0 Å². The molecule has 1 aromatic heterocycles. The van der Waals surface area contributed by atoms with Crippen molar-refractivity contribution in [2.45, 2.75) is 30.5 Å². The van der Waals surface area contributed by atoms with Gasteiger partial charge < -0.3 is 5.11 Å². The highest BCUT2D eigenvalue weighted by Gasteiger charge is 2.33. The molecular formula is C12H12N2O4S. The highest BCUT2D eigenvalue weighted by molar-refractivity contribution is 8.00. The zero-order valence-corrected chi connectivity index (χ0v) is 11.2. The number of rotatable bonds is 3. The molecule has 1 aromatic rings. The molecule has 1 aliphatic rings. The van der Waals surface area contributed by atoms with Crippen molar-refractivity contribution >= 4 is 29.5 Å². The minimum Gasteiger partial charge on any atom is -0.478 e. The largest absolute Gasteiger partial charge is 0.478 e. The average Bonchev–Trinajstić information content (AvgIpc) is 2.55. The van der Waals surface area contributed by atoms with Crippen LogP contribution in [0.5, 0.6) is 0 Å². The molecule has 7 heteroatoms. The summed E-state index contributed by atoms with van der Waals surface area (Å²) >= 11 is 1.02. The van der Waals surface area contributed by atoms with Gasteiger partial charge in [0.2, 0.25) is 11.8 Å². The first-order valence-corrected chi connectivity index (χ1v) is 6.48. The van der Waals surface area contributed by atoms with E-state index >= 15 is 0 Å². The summed E-state index contributed by atoms with van der Waals surface area (Å²) in [6.07, 6.45) is 0.0528. The highest BCUT2D eigenvalue weighted by atomic mass is 32.2. The molecule has 0 saturated carbocycles. The number of pyridine rings is 1. The molecule has 2 rings (SSSR count). The molecule has 0 aromatic carbocycles. The molecule has 100 valence electrons. The van der Waals surface area contributed by atoms with Gasteiger partial charge in [-0.25, -0.2) is 9.78 Å². The summed E-state index contributed by atoms with van der Waals surface area (Å²) in [5.41, 5.74) is 1.35. The monoisotopic (exact) mass is 280 g/mol. The van der Waals surface area contributed by atoms with Gasteiger partial charge in [0.05, 0.1) is 10.8 Å². The molecule has 1 unspecified atom stereocenters. The summed E-state index contributed by atoms with van der Waals surface area (Å²) in [4.78, 5) is 38.1. The standard InChI is InChI=1S/C12H12N2O4S/c1-5-3-6(2)13-11(9(5)12(17)18)19-7-4-8(15)14-10(7)16/h3,7H,4H2,1-2H3,(H,17,18)(H,14,15,16). The summed E-state index contributed by atoms with van der Waals surface area (Å²) in [7, 11) is 0. The lowest BCUT2D eigenvalue weighted by Gasteiger charge is -2.11. The first-order valence-electron chi connectivity index (χ1n) is 5.60. The highest BCUT2D eigenvalue weighted by Crippen LogP contribution is 2.31. The molecule has 0 radical (unpaired) electrons. The fraction of sp³-hybridized carbons (Fsp3) is 0.333. The van der Waals surface area contributed by atoms with Crippen LogP contribution in [0.3, 0.4) is 0 Å². The van der Waals surface area contributed by atoms with Crippen LogP contribution in [0.15, 0.2) is 11.1 Å². The number of aromatic nitrogens is 1. The normalized spacial score (nSPS) is 18.5. The lowest BCUT2D eigenvalue weighted by atomic mass is 10.1. The Morgan fingerprint density at radius 2 is 2.16 bits per heavy atom. The van der Waals surface area contributed by atoms with Crippen molar-refractivity contribution in [2.24, 2.45) is 0 Å². The molecule has 0 bridgehead atoms. The van der Waals surface area contributed by atoms with Gasteiger partial charge in [-0.1, -0.05) is 11.8 Å². The number of hydrogen-bond donors (Lipinski definition) is 2. The van der Waals surface area contributed by atoms with Crippen molar-refractivity contribution in [1.82, 2.24) is 10.3 Å². The molecular weight excluding hydrogens is 268 g/mol. The minimum absolute atomic E-state index is 0.0528. The van der Waals surface area contributed by atoms with Crippen molar-refractivity contribution in [3.05, 3.63) is 22.9 Å². The van der Waals surface area contributed by atoms with E-state index in [-0.39, 0.29) is 22.9 Å². The van der Waals surface area contributed by atoms with Crippen molar-refractivity contribution in [2.75, 3.05) is 0 Å². The number of aromatic carboxylic acids is 1. The number of amides is 2. The second-order valence-electron chi connectivity index (χ2n) is 4.29. The Hall–Kier alpha value is -1.89. The average molecular weight is 280 g/mol. The van der Waals surface area contributed by atoms with Crippen LogP contribution in [0.1, 0.15) is 28.0 Å². The summed E-state index contributed by atoms with van der Waals surface area (Å²) in [5, 5.41) is 11.1. The van der Waals surface area contributed by atoms with E-state index in [9.17, 15) is 19.5 Å². The zero-order chi connectivity index (χ0) is 14.2. The number of nitrogens with zero attached hydrogens (tertiary/aromatic N) is 1. The number of hydrogen-bond acceptors (Lipinski definition) is 5. The second-order valence-corrected chi connectivity index (χ2v) is 5.48. The van der Waals surface area contributed by atoms with Crippen LogP contribution in [0.25, 0.3) is 0 Å². The zero-order valence-electron chi connectivity index (χ0n) is 10.4. The summed E-state index contributed by atoms with van der Waals surface area (Å²) in [5.74, 6) is -1.83. The maximum Gasteiger partial charge on any atom is 0.338 e. The van der Waals surface area contributed by atoms with Crippen LogP contribution >= 0.6 is 11.8 Å². The van der Waals surface area contributed by atoms with Gasteiger partial charge in [-0.05, 0) is 25.5 Å². The first kappa shape index (κ1) is 13.5. The molecule has 1 saturated heterocycles. The fourth-order valence-corrected chi connectivity index (χ4v) is 3.14. The summed E-state index contributed by atoms with van der Waals surface area (Å²) in [6.45, 7) is 3.44. The topological polar surface area (TPSA) is 96.4 Å². The lowest BCUT2D eigenvalue weighted by Crippen LogP contribution is -2.23. The van der Waals surface area contributed by atoms with E-state index in [0.717, 1.165) is 11.8 Å². The van der Waals surface area contributed by atoms with Gasteiger partial charge in [0.25, 0.3) is 0 Å². The predicted octanol–water partition coefficient (Wildman–Crippen LogP) is 0.904. The van der Waals surface area contributed by atoms with Gasteiger partial charge >= 0.3 is 5.97 Å². The smallest absolute Gasteiger partial charge is 0.338 e. The Balaban J connectivity index is 2.36. The Morgan fingerprint density at radius 1 is 1.47 bits per heavy atom. The Morgan fingerprint density at radius 3 is 2.68 bits per heavy atom. The quantitative estimate of drug-likeness (QED) is 0.799. The van der Waals surface area contributed by atoms with Crippen molar-refractivity contribution in [3.8, 4) is 0 Å². The van der Waals surface area contributed by atoms with Gasteiger partial charge in [-0.15, -0.1) is 0 Å². The minimum atomic E-state index is -1.09. The maximum atomic E-state index is 11.5. The Kier molecular flexibility index (Phi) is 3.57. The number of carbonyl (C=O) groups excluding carboxylic acids is 2. The van der Waals surface area contributed by atoms with Crippen LogP contribution in [-0.4, -0.2) is 33.1 Å². The van der Waals surface area contributed by atoms with Gasteiger partial charge in [0, 0.05) is 12.1 Å². The first-order chi connectivity index (χ1) is 8.88. The lowest BCUT2D eigenvalue weighted by molar-refractivity contribution is -0.124. The molecule has 0 spiro atoms.